The zero-order valence-corrected chi connectivity index (χ0v) is 14.0. The van der Waals surface area contributed by atoms with E-state index in [1.54, 1.807) is 7.11 Å². The molecule has 5 heteroatoms. The van der Waals surface area contributed by atoms with Crippen molar-refractivity contribution in [1.29, 1.82) is 0 Å². The number of rotatable bonds is 10. The number of amides is 1. The third-order valence-corrected chi connectivity index (χ3v) is 3.34. The summed E-state index contributed by atoms with van der Waals surface area (Å²) in [5.74, 6) is 0.625. The fourth-order valence-electron chi connectivity index (χ4n) is 2.19. The molecule has 0 fully saturated rings. The number of carbonyl (C=O) groups excluding carboxylic acids is 1. The molecule has 1 amide bonds. The zero-order valence-electron chi connectivity index (χ0n) is 14.0. The Morgan fingerprint density at radius 1 is 1.18 bits per heavy atom. The van der Waals surface area contributed by atoms with Crippen LogP contribution in [0.2, 0.25) is 0 Å². The lowest BCUT2D eigenvalue weighted by atomic mass is 9.99. The van der Waals surface area contributed by atoms with Gasteiger partial charge in [-0.05, 0) is 44.5 Å². The summed E-state index contributed by atoms with van der Waals surface area (Å²) in [7, 11) is 1.63. The molecule has 1 aromatic carbocycles. The van der Waals surface area contributed by atoms with E-state index in [9.17, 15) is 4.79 Å². The molecule has 0 bridgehead atoms. The molecule has 0 aliphatic heterocycles. The summed E-state index contributed by atoms with van der Waals surface area (Å²) in [5.41, 5.74) is -0.0666. The minimum Gasteiger partial charge on any atom is -0.491 e. The van der Waals surface area contributed by atoms with Gasteiger partial charge >= 0.3 is 0 Å². The second kappa shape index (κ2) is 9.43. The number of methoxy groups -OCH3 is 1. The Labute approximate surface area is 132 Å². The molecule has 1 rings (SSSR count). The van der Waals surface area contributed by atoms with E-state index in [1.807, 2.05) is 45.0 Å². The molecule has 0 saturated carbocycles. The molecular weight excluding hydrogens is 282 g/mol. The fourth-order valence-corrected chi connectivity index (χ4v) is 2.19. The normalized spacial score (nSPS) is 13.5. The number of hydrogen-bond acceptors (Lipinski definition) is 4. The average molecular weight is 309 g/mol. The number of hydrogen-bond donors (Lipinski definition) is 1. The van der Waals surface area contributed by atoms with Crippen molar-refractivity contribution in [2.75, 3.05) is 32.2 Å². The first-order chi connectivity index (χ1) is 10.6. The predicted octanol–water partition coefficient (Wildman–Crippen LogP) is 3.25. The van der Waals surface area contributed by atoms with E-state index >= 15 is 0 Å². The Bertz CT molecular complexity index is 438. The molecule has 0 aromatic heterocycles. The number of benzene rings is 1. The van der Waals surface area contributed by atoms with E-state index < -0.39 is 5.60 Å². The molecule has 1 N–H and O–H groups in total. The maximum absolute atomic E-state index is 12.4. The standard InChI is InChI=1S/C17H27NO4/c1-5-11-17(3,22-6-2)16(19)18-14-7-9-15(10-8-14)21-13-12-20-4/h7-10H,5-6,11-13H2,1-4H3,(H,18,19). The third-order valence-electron chi connectivity index (χ3n) is 3.34. The first-order valence-electron chi connectivity index (χ1n) is 7.73. The third kappa shape index (κ3) is 5.66. The topological polar surface area (TPSA) is 56.8 Å². The van der Waals surface area contributed by atoms with E-state index in [0.717, 1.165) is 17.9 Å². The van der Waals surface area contributed by atoms with Crippen molar-refractivity contribution in [2.24, 2.45) is 0 Å². The van der Waals surface area contributed by atoms with E-state index in [4.69, 9.17) is 14.2 Å². The number of anilines is 1. The van der Waals surface area contributed by atoms with Crippen LogP contribution in [0.25, 0.3) is 0 Å². The van der Waals surface area contributed by atoms with Gasteiger partial charge < -0.3 is 19.5 Å². The molecule has 0 heterocycles. The summed E-state index contributed by atoms with van der Waals surface area (Å²) < 4.78 is 16.1. The van der Waals surface area contributed by atoms with Gasteiger partial charge in [0, 0.05) is 19.4 Å². The Kier molecular flexibility index (Phi) is 7.91. The Morgan fingerprint density at radius 3 is 2.41 bits per heavy atom. The van der Waals surface area contributed by atoms with Crippen LogP contribution in [0.15, 0.2) is 24.3 Å². The molecule has 1 aromatic rings. The van der Waals surface area contributed by atoms with Crippen molar-refractivity contribution in [1.82, 2.24) is 0 Å². The van der Waals surface area contributed by atoms with E-state index in [2.05, 4.69) is 5.32 Å². The highest BCUT2D eigenvalue weighted by Gasteiger charge is 2.32. The lowest BCUT2D eigenvalue weighted by molar-refractivity contribution is -0.139. The van der Waals surface area contributed by atoms with Gasteiger partial charge in [-0.15, -0.1) is 0 Å². The molecule has 0 saturated heterocycles. The minimum atomic E-state index is -0.795. The minimum absolute atomic E-state index is 0.121. The van der Waals surface area contributed by atoms with Gasteiger partial charge in [0.15, 0.2) is 0 Å². The lowest BCUT2D eigenvalue weighted by Crippen LogP contribution is -2.42. The van der Waals surface area contributed by atoms with Crippen molar-refractivity contribution in [3.8, 4) is 5.75 Å². The average Bonchev–Trinajstić information content (AvgIpc) is 2.50. The highest BCUT2D eigenvalue weighted by Crippen LogP contribution is 2.22. The molecule has 0 spiro atoms. The van der Waals surface area contributed by atoms with Crippen molar-refractivity contribution >= 4 is 11.6 Å². The zero-order chi connectivity index (χ0) is 16.4. The Morgan fingerprint density at radius 2 is 1.86 bits per heavy atom. The van der Waals surface area contributed by atoms with Crippen LogP contribution in [0.5, 0.6) is 5.75 Å². The predicted molar refractivity (Wildman–Crippen MR) is 87.4 cm³/mol. The van der Waals surface area contributed by atoms with Crippen LogP contribution in [0.4, 0.5) is 5.69 Å². The van der Waals surface area contributed by atoms with Gasteiger partial charge in [0.1, 0.15) is 18.0 Å². The summed E-state index contributed by atoms with van der Waals surface area (Å²) in [5, 5.41) is 2.90. The van der Waals surface area contributed by atoms with Crippen molar-refractivity contribution in [2.45, 2.75) is 39.2 Å². The summed E-state index contributed by atoms with van der Waals surface area (Å²) >= 11 is 0. The van der Waals surface area contributed by atoms with Gasteiger partial charge in [0.05, 0.1) is 6.61 Å². The SMILES string of the molecule is CCCC(C)(OCC)C(=O)Nc1ccc(OCCOC)cc1. The highest BCUT2D eigenvalue weighted by atomic mass is 16.5. The van der Waals surface area contributed by atoms with Crippen LogP contribution in [-0.2, 0) is 14.3 Å². The highest BCUT2D eigenvalue weighted by molar-refractivity contribution is 5.97. The molecule has 5 nitrogen and oxygen atoms in total. The lowest BCUT2D eigenvalue weighted by Gasteiger charge is -2.27. The van der Waals surface area contributed by atoms with Crippen LogP contribution in [0.3, 0.4) is 0 Å². The van der Waals surface area contributed by atoms with Crippen LogP contribution in [-0.4, -0.2) is 38.4 Å². The van der Waals surface area contributed by atoms with Crippen LogP contribution in [0, 0.1) is 0 Å². The molecule has 0 aliphatic carbocycles. The van der Waals surface area contributed by atoms with Gasteiger partial charge in [-0.3, -0.25) is 4.79 Å². The molecule has 22 heavy (non-hydrogen) atoms. The monoisotopic (exact) mass is 309 g/mol. The molecule has 0 aliphatic rings. The molecule has 1 unspecified atom stereocenters. The van der Waals surface area contributed by atoms with Gasteiger partial charge in [0.25, 0.3) is 5.91 Å². The fraction of sp³-hybridized carbons (Fsp3) is 0.588. The maximum Gasteiger partial charge on any atom is 0.256 e. The van der Waals surface area contributed by atoms with Gasteiger partial charge in [0.2, 0.25) is 0 Å². The number of carbonyl (C=O) groups is 1. The van der Waals surface area contributed by atoms with Crippen molar-refractivity contribution in [3.63, 3.8) is 0 Å². The van der Waals surface area contributed by atoms with E-state index in [-0.39, 0.29) is 5.91 Å². The first-order valence-corrected chi connectivity index (χ1v) is 7.73. The first kappa shape index (κ1) is 18.5. The Balaban J connectivity index is 2.63. The van der Waals surface area contributed by atoms with Crippen molar-refractivity contribution < 1.29 is 19.0 Å². The number of nitrogens with one attached hydrogen (secondary N) is 1. The summed E-state index contributed by atoms with van der Waals surface area (Å²) in [6.45, 7) is 7.32. The Hall–Kier alpha value is -1.59. The molecule has 0 radical (unpaired) electrons. The summed E-state index contributed by atoms with van der Waals surface area (Å²) in [4.78, 5) is 12.4. The van der Waals surface area contributed by atoms with Crippen LogP contribution < -0.4 is 10.1 Å². The largest absolute Gasteiger partial charge is 0.491 e. The van der Waals surface area contributed by atoms with Gasteiger partial charge in [-0.1, -0.05) is 13.3 Å². The molecule has 124 valence electrons. The van der Waals surface area contributed by atoms with E-state index in [0.29, 0.717) is 26.2 Å². The molecular formula is C17H27NO4. The number of ether oxygens (including phenoxy) is 3. The summed E-state index contributed by atoms with van der Waals surface area (Å²) in [6.07, 6.45) is 1.57. The van der Waals surface area contributed by atoms with Crippen molar-refractivity contribution in [3.05, 3.63) is 24.3 Å². The van der Waals surface area contributed by atoms with Crippen LogP contribution in [0.1, 0.15) is 33.6 Å². The second-order valence-corrected chi connectivity index (χ2v) is 5.23. The smallest absolute Gasteiger partial charge is 0.256 e. The second-order valence-electron chi connectivity index (χ2n) is 5.23. The van der Waals surface area contributed by atoms with E-state index in [1.165, 1.54) is 0 Å². The molecule has 1 atom stereocenters. The van der Waals surface area contributed by atoms with Gasteiger partial charge in [-0.2, -0.15) is 0 Å². The van der Waals surface area contributed by atoms with Crippen LogP contribution >= 0.6 is 0 Å². The maximum atomic E-state index is 12.4. The quantitative estimate of drug-likeness (QED) is 0.674. The summed E-state index contributed by atoms with van der Waals surface area (Å²) in [6, 6.07) is 7.28. The van der Waals surface area contributed by atoms with Gasteiger partial charge in [-0.25, -0.2) is 0 Å².